The van der Waals surface area contributed by atoms with E-state index in [1.54, 1.807) is 6.92 Å². The average molecular weight is 344 g/mol. The minimum atomic E-state index is -0.359. The maximum atomic E-state index is 11.2. The first-order chi connectivity index (χ1) is 9.52. The Balaban J connectivity index is 2.48. The average Bonchev–Trinajstić information content (AvgIpc) is 2.37. The van der Waals surface area contributed by atoms with Crippen LogP contribution in [0.15, 0.2) is 22.7 Å². The van der Waals surface area contributed by atoms with Gasteiger partial charge in [0, 0.05) is 6.54 Å². The van der Waals surface area contributed by atoms with Crippen molar-refractivity contribution >= 4 is 21.9 Å². The van der Waals surface area contributed by atoms with E-state index in [2.05, 4.69) is 35.1 Å². The highest BCUT2D eigenvalue weighted by molar-refractivity contribution is 9.10. The van der Waals surface area contributed by atoms with E-state index in [0.717, 1.165) is 17.6 Å². The molecule has 0 aliphatic carbocycles. The van der Waals surface area contributed by atoms with E-state index >= 15 is 0 Å². The molecule has 1 N–H and O–H groups in total. The van der Waals surface area contributed by atoms with Crippen molar-refractivity contribution in [3.63, 3.8) is 0 Å². The van der Waals surface area contributed by atoms with Crippen molar-refractivity contribution < 1.29 is 14.3 Å². The molecule has 0 fully saturated rings. The molecule has 0 aliphatic heterocycles. The van der Waals surface area contributed by atoms with Crippen LogP contribution in [-0.4, -0.2) is 25.7 Å². The summed E-state index contributed by atoms with van der Waals surface area (Å²) in [5, 5.41) is 3.38. The fraction of sp³-hybridized carbons (Fsp3) is 0.533. The lowest BCUT2D eigenvalue weighted by atomic mass is 10.2. The van der Waals surface area contributed by atoms with Gasteiger partial charge in [0.05, 0.1) is 11.1 Å². The smallest absolute Gasteiger partial charge is 0.344 e. The summed E-state index contributed by atoms with van der Waals surface area (Å²) in [6.07, 6.45) is 0. The minimum Gasteiger partial charge on any atom is -0.481 e. The first-order valence-corrected chi connectivity index (χ1v) is 7.59. The summed E-state index contributed by atoms with van der Waals surface area (Å²) in [6, 6.07) is 5.84. The molecule has 1 rings (SSSR count). The summed E-state index contributed by atoms with van der Waals surface area (Å²) >= 11 is 3.45. The van der Waals surface area contributed by atoms with Gasteiger partial charge in [-0.1, -0.05) is 19.9 Å². The SMILES string of the molecule is CCOC(=O)COc1ccc(CNCC(C)C)cc1Br. The lowest BCUT2D eigenvalue weighted by Gasteiger charge is -2.11. The molecule has 0 amide bonds. The number of carbonyl (C=O) groups excluding carboxylic acids is 1. The van der Waals surface area contributed by atoms with E-state index in [1.807, 2.05) is 18.2 Å². The van der Waals surface area contributed by atoms with Crippen LogP contribution in [0, 0.1) is 5.92 Å². The molecule has 1 aromatic carbocycles. The molecule has 0 saturated heterocycles. The standard InChI is InChI=1S/C15H22BrNO3/c1-4-19-15(18)10-20-14-6-5-12(7-13(14)16)9-17-8-11(2)3/h5-7,11,17H,4,8-10H2,1-3H3. The van der Waals surface area contributed by atoms with Gasteiger partial charge in [0.2, 0.25) is 0 Å². The lowest BCUT2D eigenvalue weighted by Crippen LogP contribution is -2.19. The summed E-state index contributed by atoms with van der Waals surface area (Å²) in [5.74, 6) is 0.915. The Morgan fingerprint density at radius 1 is 1.40 bits per heavy atom. The fourth-order valence-electron chi connectivity index (χ4n) is 1.62. The third-order valence-corrected chi connectivity index (χ3v) is 3.15. The van der Waals surface area contributed by atoms with Crippen LogP contribution in [0.5, 0.6) is 5.75 Å². The molecule has 0 aromatic heterocycles. The fourth-order valence-corrected chi connectivity index (χ4v) is 2.16. The van der Waals surface area contributed by atoms with Crippen LogP contribution in [0.3, 0.4) is 0 Å². The topological polar surface area (TPSA) is 47.6 Å². The number of rotatable bonds is 8. The van der Waals surface area contributed by atoms with Gasteiger partial charge in [0.1, 0.15) is 5.75 Å². The molecule has 1 aromatic rings. The van der Waals surface area contributed by atoms with Gasteiger partial charge in [-0.05, 0) is 53.0 Å². The molecule has 0 heterocycles. The molecular weight excluding hydrogens is 322 g/mol. The predicted octanol–water partition coefficient (Wildman–Crippen LogP) is 3.14. The Bertz CT molecular complexity index is 435. The third-order valence-electron chi connectivity index (χ3n) is 2.53. The molecule has 0 bridgehead atoms. The summed E-state index contributed by atoms with van der Waals surface area (Å²) < 4.78 is 11.1. The Morgan fingerprint density at radius 3 is 2.75 bits per heavy atom. The molecular formula is C15H22BrNO3. The Hall–Kier alpha value is -1.07. The lowest BCUT2D eigenvalue weighted by molar-refractivity contribution is -0.145. The number of hydrogen-bond acceptors (Lipinski definition) is 4. The van der Waals surface area contributed by atoms with Crippen LogP contribution < -0.4 is 10.1 Å². The Morgan fingerprint density at radius 2 is 2.15 bits per heavy atom. The summed E-state index contributed by atoms with van der Waals surface area (Å²) in [7, 11) is 0. The van der Waals surface area contributed by atoms with Gasteiger partial charge in [-0.15, -0.1) is 0 Å². The number of esters is 1. The van der Waals surface area contributed by atoms with Gasteiger partial charge >= 0.3 is 5.97 Å². The molecule has 0 unspecified atom stereocenters. The number of nitrogens with one attached hydrogen (secondary N) is 1. The normalized spacial score (nSPS) is 10.7. The quantitative estimate of drug-likeness (QED) is 0.736. The molecule has 4 nitrogen and oxygen atoms in total. The van der Waals surface area contributed by atoms with Gasteiger partial charge in [-0.2, -0.15) is 0 Å². The van der Waals surface area contributed by atoms with Crippen LogP contribution >= 0.6 is 15.9 Å². The van der Waals surface area contributed by atoms with E-state index in [1.165, 1.54) is 5.56 Å². The molecule has 0 saturated carbocycles. The van der Waals surface area contributed by atoms with Crippen LogP contribution in [0.2, 0.25) is 0 Å². The van der Waals surface area contributed by atoms with Crippen molar-refractivity contribution in [3.05, 3.63) is 28.2 Å². The summed E-state index contributed by atoms with van der Waals surface area (Å²) in [5.41, 5.74) is 1.17. The first kappa shape index (κ1) is 17.0. The van der Waals surface area contributed by atoms with E-state index < -0.39 is 0 Å². The number of benzene rings is 1. The maximum Gasteiger partial charge on any atom is 0.344 e. The van der Waals surface area contributed by atoms with E-state index in [-0.39, 0.29) is 12.6 Å². The third kappa shape index (κ3) is 6.39. The number of carbonyl (C=O) groups is 1. The predicted molar refractivity (Wildman–Crippen MR) is 82.8 cm³/mol. The second-order valence-corrected chi connectivity index (χ2v) is 5.74. The molecule has 20 heavy (non-hydrogen) atoms. The van der Waals surface area contributed by atoms with Gasteiger partial charge < -0.3 is 14.8 Å². The molecule has 0 spiro atoms. The summed E-state index contributed by atoms with van der Waals surface area (Å²) in [4.78, 5) is 11.2. The van der Waals surface area contributed by atoms with E-state index in [4.69, 9.17) is 9.47 Å². The van der Waals surface area contributed by atoms with Crippen molar-refractivity contribution in [2.45, 2.75) is 27.3 Å². The second kappa shape index (κ2) is 8.97. The van der Waals surface area contributed by atoms with Crippen molar-refractivity contribution in [2.75, 3.05) is 19.8 Å². The minimum absolute atomic E-state index is 0.0720. The van der Waals surface area contributed by atoms with E-state index in [9.17, 15) is 4.79 Å². The molecule has 0 radical (unpaired) electrons. The highest BCUT2D eigenvalue weighted by Crippen LogP contribution is 2.26. The highest BCUT2D eigenvalue weighted by atomic mass is 79.9. The number of halogens is 1. The van der Waals surface area contributed by atoms with Crippen LogP contribution in [0.4, 0.5) is 0 Å². The van der Waals surface area contributed by atoms with Crippen molar-refractivity contribution in [3.8, 4) is 5.75 Å². The monoisotopic (exact) mass is 343 g/mol. The summed E-state index contributed by atoms with van der Waals surface area (Å²) in [6.45, 7) is 8.21. The van der Waals surface area contributed by atoms with Crippen LogP contribution in [0.1, 0.15) is 26.3 Å². The van der Waals surface area contributed by atoms with Gasteiger partial charge in [-0.25, -0.2) is 4.79 Å². The van der Waals surface area contributed by atoms with Crippen molar-refractivity contribution in [1.29, 1.82) is 0 Å². The molecule has 0 atom stereocenters. The van der Waals surface area contributed by atoms with Gasteiger partial charge in [0.15, 0.2) is 6.61 Å². The largest absolute Gasteiger partial charge is 0.481 e. The number of ether oxygens (including phenoxy) is 2. The number of hydrogen-bond donors (Lipinski definition) is 1. The van der Waals surface area contributed by atoms with Crippen molar-refractivity contribution in [2.24, 2.45) is 5.92 Å². The van der Waals surface area contributed by atoms with Crippen molar-refractivity contribution in [1.82, 2.24) is 5.32 Å². The Labute approximate surface area is 129 Å². The van der Waals surface area contributed by atoms with Gasteiger partial charge in [-0.3, -0.25) is 0 Å². The second-order valence-electron chi connectivity index (χ2n) is 4.88. The highest BCUT2D eigenvalue weighted by Gasteiger charge is 2.07. The molecule has 5 heteroatoms. The zero-order valence-electron chi connectivity index (χ0n) is 12.2. The van der Waals surface area contributed by atoms with Crippen LogP contribution in [0.25, 0.3) is 0 Å². The molecule has 112 valence electrons. The van der Waals surface area contributed by atoms with Gasteiger partial charge in [0.25, 0.3) is 0 Å². The van der Waals surface area contributed by atoms with Crippen LogP contribution in [-0.2, 0) is 16.1 Å². The van der Waals surface area contributed by atoms with E-state index in [0.29, 0.717) is 18.3 Å². The zero-order chi connectivity index (χ0) is 15.0. The zero-order valence-corrected chi connectivity index (χ0v) is 13.8. The first-order valence-electron chi connectivity index (χ1n) is 6.80. The maximum absolute atomic E-state index is 11.2. The Kier molecular flexibility index (Phi) is 7.62. The molecule has 0 aliphatic rings.